The Kier molecular flexibility index (Phi) is 8.65. The molecule has 1 aromatic heterocycles. The van der Waals surface area contributed by atoms with E-state index in [2.05, 4.69) is 36.8 Å². The molecule has 0 amide bonds. The van der Waals surface area contributed by atoms with E-state index in [1.165, 1.54) is 6.92 Å². The van der Waals surface area contributed by atoms with Crippen molar-refractivity contribution in [1.29, 1.82) is 0 Å². The number of carbonyl (C=O) groups excluding carboxylic acids is 1. The first-order chi connectivity index (χ1) is 18.1. The highest BCUT2D eigenvalue weighted by atomic mass is 35.5. The number of ether oxygens (including phenoxy) is 2. The van der Waals surface area contributed by atoms with E-state index in [1.54, 1.807) is 28.9 Å². The molecule has 198 valence electrons. The minimum Gasteiger partial charge on any atom is -0.487 e. The van der Waals surface area contributed by atoms with Crippen LogP contribution in [0, 0.1) is 6.92 Å². The van der Waals surface area contributed by atoms with Crippen LogP contribution in [0.5, 0.6) is 11.5 Å². The van der Waals surface area contributed by atoms with E-state index >= 15 is 0 Å². The molecule has 0 fully saturated rings. The van der Waals surface area contributed by atoms with Gasteiger partial charge in [-0.2, -0.15) is 5.10 Å². The van der Waals surface area contributed by atoms with Crippen molar-refractivity contribution >= 4 is 34.9 Å². The van der Waals surface area contributed by atoms with Crippen LogP contribution in [-0.4, -0.2) is 22.8 Å². The summed E-state index contributed by atoms with van der Waals surface area (Å²) in [5, 5.41) is 5.65. The van der Waals surface area contributed by atoms with Gasteiger partial charge in [-0.1, -0.05) is 55.2 Å². The van der Waals surface area contributed by atoms with E-state index < -0.39 is 0 Å². The minimum atomic E-state index is -0.328. The summed E-state index contributed by atoms with van der Waals surface area (Å²) in [6.07, 6.45) is 1.85. The first-order valence-corrected chi connectivity index (χ1v) is 13.1. The standard InChI is InChI=1S/C30H31Cl2N3O3/c1-19(2)25-16-33-35(30-26(31)7-6-8-27(30)32)29(25)18-37-24-13-14-28(20(3)15-24)34(5)17-22-9-11-23(12-10-22)38-21(4)36/h6-16,19H,17-18H2,1-5H3. The molecule has 6 nitrogen and oxygen atoms in total. The number of nitrogens with zero attached hydrogens (tertiary/aromatic N) is 3. The largest absolute Gasteiger partial charge is 0.487 e. The van der Waals surface area contributed by atoms with Crippen molar-refractivity contribution in [1.82, 2.24) is 9.78 Å². The predicted molar refractivity (Wildman–Crippen MR) is 153 cm³/mol. The number of carbonyl (C=O) groups is 1. The molecule has 0 aliphatic carbocycles. The van der Waals surface area contributed by atoms with E-state index in [0.29, 0.717) is 34.6 Å². The van der Waals surface area contributed by atoms with Crippen LogP contribution >= 0.6 is 23.2 Å². The van der Waals surface area contributed by atoms with E-state index in [9.17, 15) is 4.79 Å². The molecule has 0 atom stereocenters. The van der Waals surface area contributed by atoms with E-state index in [-0.39, 0.29) is 11.9 Å². The Morgan fingerprint density at radius 3 is 2.29 bits per heavy atom. The lowest BCUT2D eigenvalue weighted by Gasteiger charge is -2.22. The van der Waals surface area contributed by atoms with Gasteiger partial charge in [0.2, 0.25) is 0 Å². The summed E-state index contributed by atoms with van der Waals surface area (Å²) in [4.78, 5) is 13.3. The lowest BCUT2D eigenvalue weighted by molar-refractivity contribution is -0.131. The van der Waals surface area contributed by atoms with Gasteiger partial charge in [-0.25, -0.2) is 4.68 Å². The van der Waals surface area contributed by atoms with Crippen molar-refractivity contribution in [2.75, 3.05) is 11.9 Å². The summed E-state index contributed by atoms with van der Waals surface area (Å²) >= 11 is 13.0. The van der Waals surface area contributed by atoms with Crippen molar-refractivity contribution in [3.8, 4) is 17.2 Å². The third-order valence-corrected chi connectivity index (χ3v) is 6.84. The topological polar surface area (TPSA) is 56.6 Å². The molecule has 0 saturated carbocycles. The van der Waals surface area contributed by atoms with E-state index in [4.69, 9.17) is 32.7 Å². The van der Waals surface area contributed by atoms with Gasteiger partial charge in [0.05, 0.1) is 21.9 Å². The van der Waals surface area contributed by atoms with Gasteiger partial charge in [-0.15, -0.1) is 0 Å². The van der Waals surface area contributed by atoms with Crippen LogP contribution in [0.4, 0.5) is 5.69 Å². The van der Waals surface area contributed by atoms with Gasteiger partial charge in [0, 0.05) is 26.2 Å². The Hall–Kier alpha value is -3.48. The number of benzene rings is 3. The van der Waals surface area contributed by atoms with Crippen LogP contribution in [0.25, 0.3) is 5.69 Å². The van der Waals surface area contributed by atoms with Gasteiger partial charge in [-0.3, -0.25) is 4.79 Å². The SMILES string of the molecule is CC(=O)Oc1ccc(CN(C)c2ccc(OCc3c(C(C)C)cnn3-c3c(Cl)cccc3Cl)cc2C)cc1. The number of halogens is 2. The second kappa shape index (κ2) is 11.9. The number of hydrogen-bond acceptors (Lipinski definition) is 5. The summed E-state index contributed by atoms with van der Waals surface area (Å²) in [6, 6.07) is 19.0. The fourth-order valence-corrected chi connectivity index (χ4v) is 4.94. The molecule has 8 heteroatoms. The molecular weight excluding hydrogens is 521 g/mol. The number of aromatic nitrogens is 2. The van der Waals surface area contributed by atoms with E-state index in [0.717, 1.165) is 33.8 Å². The first-order valence-electron chi connectivity index (χ1n) is 12.4. The quantitative estimate of drug-likeness (QED) is 0.157. The average molecular weight is 553 g/mol. The molecular formula is C30H31Cl2N3O3. The molecule has 0 spiro atoms. The van der Waals surface area contributed by atoms with Gasteiger partial charge in [-0.05, 0) is 72.0 Å². The number of anilines is 1. The van der Waals surface area contributed by atoms with Gasteiger partial charge < -0.3 is 14.4 Å². The molecule has 0 bridgehead atoms. The zero-order chi connectivity index (χ0) is 27.4. The third kappa shape index (κ3) is 6.32. The summed E-state index contributed by atoms with van der Waals surface area (Å²) in [5.41, 5.74) is 5.93. The smallest absolute Gasteiger partial charge is 0.308 e. The van der Waals surface area contributed by atoms with Gasteiger partial charge in [0.15, 0.2) is 0 Å². The Labute approximate surface area is 233 Å². The highest BCUT2D eigenvalue weighted by Crippen LogP contribution is 2.32. The van der Waals surface area contributed by atoms with Crippen molar-refractivity contribution in [2.24, 2.45) is 0 Å². The number of rotatable bonds is 9. The first kappa shape index (κ1) is 27.6. The fourth-order valence-electron chi connectivity index (χ4n) is 4.38. The van der Waals surface area contributed by atoms with Crippen molar-refractivity contribution in [2.45, 2.75) is 46.8 Å². The van der Waals surface area contributed by atoms with Crippen LogP contribution < -0.4 is 14.4 Å². The van der Waals surface area contributed by atoms with Crippen LogP contribution in [0.2, 0.25) is 10.0 Å². The molecule has 0 aliphatic rings. The zero-order valence-corrected chi connectivity index (χ0v) is 23.7. The van der Waals surface area contributed by atoms with Gasteiger partial charge in [0.25, 0.3) is 0 Å². The van der Waals surface area contributed by atoms with Crippen LogP contribution in [0.3, 0.4) is 0 Å². The summed E-state index contributed by atoms with van der Waals surface area (Å²) in [5.74, 6) is 1.23. The minimum absolute atomic E-state index is 0.254. The third-order valence-electron chi connectivity index (χ3n) is 6.23. The van der Waals surface area contributed by atoms with Gasteiger partial charge >= 0.3 is 5.97 Å². The van der Waals surface area contributed by atoms with Crippen molar-refractivity contribution < 1.29 is 14.3 Å². The second-order valence-electron chi connectivity index (χ2n) is 9.51. The molecule has 0 N–H and O–H groups in total. The van der Waals surface area contributed by atoms with E-state index in [1.807, 2.05) is 43.6 Å². The lowest BCUT2D eigenvalue weighted by atomic mass is 10.0. The number of para-hydroxylation sites is 1. The second-order valence-corrected chi connectivity index (χ2v) is 10.3. The molecule has 0 saturated heterocycles. The molecule has 0 unspecified atom stereocenters. The maximum atomic E-state index is 11.1. The molecule has 38 heavy (non-hydrogen) atoms. The molecule has 4 aromatic rings. The Balaban J connectivity index is 1.50. The Morgan fingerprint density at radius 2 is 1.68 bits per heavy atom. The Morgan fingerprint density at radius 1 is 1.03 bits per heavy atom. The number of hydrogen-bond donors (Lipinski definition) is 0. The van der Waals surface area contributed by atoms with Crippen LogP contribution in [0.15, 0.2) is 66.9 Å². The summed E-state index contributed by atoms with van der Waals surface area (Å²) < 4.78 is 13.2. The molecule has 0 radical (unpaired) electrons. The van der Waals surface area contributed by atoms with Crippen LogP contribution in [-0.2, 0) is 17.9 Å². The predicted octanol–water partition coefficient (Wildman–Crippen LogP) is 7.75. The van der Waals surface area contributed by atoms with Crippen molar-refractivity contribution in [3.63, 3.8) is 0 Å². The van der Waals surface area contributed by atoms with Gasteiger partial charge in [0.1, 0.15) is 23.8 Å². The highest BCUT2D eigenvalue weighted by Gasteiger charge is 2.19. The summed E-state index contributed by atoms with van der Waals surface area (Å²) in [7, 11) is 2.05. The van der Waals surface area contributed by atoms with Crippen LogP contribution in [0.1, 0.15) is 49.1 Å². The van der Waals surface area contributed by atoms with Crippen molar-refractivity contribution in [3.05, 3.63) is 99.3 Å². The zero-order valence-electron chi connectivity index (χ0n) is 22.2. The molecule has 4 rings (SSSR count). The Bertz CT molecular complexity index is 1410. The summed E-state index contributed by atoms with van der Waals surface area (Å²) in [6.45, 7) is 8.73. The highest BCUT2D eigenvalue weighted by molar-refractivity contribution is 6.37. The lowest BCUT2D eigenvalue weighted by Crippen LogP contribution is -2.17. The molecule has 0 aliphatic heterocycles. The number of esters is 1. The number of aryl methyl sites for hydroxylation is 1. The normalized spacial score (nSPS) is 11.1. The maximum Gasteiger partial charge on any atom is 0.308 e. The average Bonchev–Trinajstić information content (AvgIpc) is 3.27. The monoisotopic (exact) mass is 551 g/mol. The fraction of sp³-hybridized carbons (Fsp3) is 0.267. The molecule has 1 heterocycles. The maximum absolute atomic E-state index is 11.1. The molecule has 3 aromatic carbocycles.